The van der Waals surface area contributed by atoms with Crippen molar-refractivity contribution in [2.24, 2.45) is 7.05 Å². The van der Waals surface area contributed by atoms with Crippen molar-refractivity contribution < 1.29 is 4.74 Å². The molecule has 22 heavy (non-hydrogen) atoms. The molecular formula is C16H17N5O. The fraction of sp³-hybridized carbons (Fsp3) is 0.188. The quantitative estimate of drug-likeness (QED) is 0.800. The van der Waals surface area contributed by atoms with Gasteiger partial charge in [0.2, 0.25) is 0 Å². The molecule has 3 aromatic heterocycles. The van der Waals surface area contributed by atoms with Gasteiger partial charge in [-0.15, -0.1) is 0 Å². The van der Waals surface area contributed by atoms with Crippen LogP contribution in [0.2, 0.25) is 0 Å². The lowest BCUT2D eigenvalue weighted by Gasteiger charge is -2.10. The van der Waals surface area contributed by atoms with Crippen LogP contribution in [-0.2, 0) is 13.5 Å². The number of aromatic nitrogens is 4. The van der Waals surface area contributed by atoms with Crippen LogP contribution in [0.1, 0.15) is 12.6 Å². The minimum atomic E-state index is 0.495. The Morgan fingerprint density at radius 3 is 2.86 bits per heavy atom. The summed E-state index contributed by atoms with van der Waals surface area (Å²) in [4.78, 5) is 8.65. The molecule has 3 heterocycles. The van der Waals surface area contributed by atoms with Gasteiger partial charge in [-0.25, -0.2) is 4.98 Å². The minimum Gasteiger partial charge on any atom is -0.455 e. The second-order valence-corrected chi connectivity index (χ2v) is 4.92. The molecule has 2 N–H and O–H groups in total. The molecule has 0 atom stereocenters. The van der Waals surface area contributed by atoms with Crippen molar-refractivity contribution in [2.45, 2.75) is 13.3 Å². The van der Waals surface area contributed by atoms with Gasteiger partial charge in [-0.05, 0) is 24.6 Å². The highest BCUT2D eigenvalue weighted by Crippen LogP contribution is 2.28. The number of ether oxygens (including phenoxy) is 1. The summed E-state index contributed by atoms with van der Waals surface area (Å²) < 4.78 is 7.68. The number of rotatable bonds is 4. The molecule has 6 heteroatoms. The molecule has 0 amide bonds. The maximum Gasteiger partial charge on any atom is 0.149 e. The van der Waals surface area contributed by atoms with E-state index in [9.17, 15) is 0 Å². The zero-order valence-corrected chi connectivity index (χ0v) is 12.5. The molecule has 6 nitrogen and oxygen atoms in total. The van der Waals surface area contributed by atoms with E-state index in [2.05, 4.69) is 15.1 Å². The maximum absolute atomic E-state index is 5.94. The van der Waals surface area contributed by atoms with Crippen LogP contribution in [0.4, 0.5) is 5.82 Å². The lowest BCUT2D eigenvalue weighted by atomic mass is 10.2. The molecule has 112 valence electrons. The van der Waals surface area contributed by atoms with Gasteiger partial charge in [0.1, 0.15) is 17.3 Å². The Labute approximate surface area is 128 Å². The van der Waals surface area contributed by atoms with Gasteiger partial charge in [-0.2, -0.15) is 5.10 Å². The predicted molar refractivity (Wildman–Crippen MR) is 84.5 cm³/mol. The average Bonchev–Trinajstić information content (AvgIpc) is 2.96. The molecule has 0 aromatic carbocycles. The first-order valence-corrected chi connectivity index (χ1v) is 7.04. The van der Waals surface area contributed by atoms with Crippen molar-refractivity contribution in [3.8, 4) is 22.8 Å². The third kappa shape index (κ3) is 2.90. The average molecular weight is 295 g/mol. The van der Waals surface area contributed by atoms with Gasteiger partial charge in [0.25, 0.3) is 0 Å². The number of anilines is 1. The summed E-state index contributed by atoms with van der Waals surface area (Å²) in [7, 11) is 1.87. The first kappa shape index (κ1) is 14.1. The van der Waals surface area contributed by atoms with E-state index >= 15 is 0 Å². The lowest BCUT2D eigenvalue weighted by molar-refractivity contribution is 0.473. The number of hydrogen-bond acceptors (Lipinski definition) is 5. The van der Waals surface area contributed by atoms with E-state index in [4.69, 9.17) is 10.5 Å². The highest BCUT2D eigenvalue weighted by Gasteiger charge is 2.08. The molecule has 0 aliphatic rings. The smallest absolute Gasteiger partial charge is 0.149 e. The fourth-order valence-corrected chi connectivity index (χ4v) is 2.16. The number of nitrogens with zero attached hydrogens (tertiary/aromatic N) is 4. The summed E-state index contributed by atoms with van der Waals surface area (Å²) in [6, 6.07) is 7.27. The van der Waals surface area contributed by atoms with Crippen molar-refractivity contribution >= 4 is 5.82 Å². The molecule has 0 unspecified atom stereocenters. The summed E-state index contributed by atoms with van der Waals surface area (Å²) in [5, 5.41) is 4.16. The fourth-order valence-electron chi connectivity index (χ4n) is 2.16. The summed E-state index contributed by atoms with van der Waals surface area (Å²) >= 11 is 0. The molecular weight excluding hydrogens is 278 g/mol. The van der Waals surface area contributed by atoms with Crippen LogP contribution in [-0.4, -0.2) is 19.7 Å². The Balaban J connectivity index is 1.90. The van der Waals surface area contributed by atoms with Crippen LogP contribution >= 0.6 is 0 Å². The molecule has 0 spiro atoms. The largest absolute Gasteiger partial charge is 0.455 e. The monoisotopic (exact) mass is 295 g/mol. The first-order chi connectivity index (χ1) is 10.7. The Bertz CT molecular complexity index is 797. The molecule has 3 rings (SSSR count). The van der Waals surface area contributed by atoms with E-state index in [0.29, 0.717) is 17.3 Å². The topological polar surface area (TPSA) is 78.8 Å². The molecule has 0 bridgehead atoms. The normalized spacial score (nSPS) is 10.6. The molecule has 0 radical (unpaired) electrons. The molecule has 0 fully saturated rings. The standard InChI is InChI=1S/C16H17N5O/c1-3-13-15(4-5-16(17)20-13)22-12-6-7-18-14(8-12)11-9-19-21(2)10-11/h4-10H,3H2,1-2H3,(H2,17,20). The van der Waals surface area contributed by atoms with Gasteiger partial charge >= 0.3 is 0 Å². The van der Waals surface area contributed by atoms with Gasteiger partial charge in [-0.3, -0.25) is 9.67 Å². The lowest BCUT2D eigenvalue weighted by Crippen LogP contribution is -1.98. The van der Waals surface area contributed by atoms with Crippen LogP contribution in [0.15, 0.2) is 42.9 Å². The van der Waals surface area contributed by atoms with Crippen molar-refractivity contribution in [2.75, 3.05) is 5.73 Å². The third-order valence-electron chi connectivity index (χ3n) is 3.25. The van der Waals surface area contributed by atoms with Crippen LogP contribution in [0, 0.1) is 0 Å². The van der Waals surface area contributed by atoms with E-state index < -0.39 is 0 Å². The van der Waals surface area contributed by atoms with E-state index in [1.54, 1.807) is 23.1 Å². The van der Waals surface area contributed by atoms with Crippen LogP contribution in [0.25, 0.3) is 11.3 Å². The van der Waals surface area contributed by atoms with E-state index in [1.165, 1.54) is 0 Å². The zero-order valence-electron chi connectivity index (χ0n) is 12.5. The van der Waals surface area contributed by atoms with Gasteiger partial charge in [0.05, 0.1) is 17.6 Å². The summed E-state index contributed by atoms with van der Waals surface area (Å²) in [5.41, 5.74) is 8.30. The Morgan fingerprint density at radius 2 is 2.14 bits per heavy atom. The molecule has 3 aromatic rings. The number of nitrogens with two attached hydrogens (primary N) is 1. The first-order valence-electron chi connectivity index (χ1n) is 7.04. The van der Waals surface area contributed by atoms with Gasteiger partial charge in [-0.1, -0.05) is 6.92 Å². The Hall–Kier alpha value is -2.89. The summed E-state index contributed by atoms with van der Waals surface area (Å²) in [5.74, 6) is 1.91. The second-order valence-electron chi connectivity index (χ2n) is 4.92. The summed E-state index contributed by atoms with van der Waals surface area (Å²) in [6.07, 6.45) is 6.15. The van der Waals surface area contributed by atoms with E-state index in [1.807, 2.05) is 38.4 Å². The minimum absolute atomic E-state index is 0.495. The third-order valence-corrected chi connectivity index (χ3v) is 3.25. The van der Waals surface area contributed by atoms with E-state index in [0.717, 1.165) is 23.4 Å². The van der Waals surface area contributed by atoms with Crippen molar-refractivity contribution in [1.82, 2.24) is 19.7 Å². The predicted octanol–water partition coefficient (Wildman–Crippen LogP) is 2.81. The Kier molecular flexibility index (Phi) is 3.74. The Morgan fingerprint density at radius 1 is 1.27 bits per heavy atom. The number of pyridine rings is 2. The van der Waals surface area contributed by atoms with Gasteiger partial charge in [0, 0.05) is 31.1 Å². The number of aryl methyl sites for hydroxylation is 2. The van der Waals surface area contributed by atoms with Gasteiger partial charge in [0.15, 0.2) is 0 Å². The molecule has 0 aliphatic carbocycles. The van der Waals surface area contributed by atoms with Crippen molar-refractivity contribution in [3.63, 3.8) is 0 Å². The van der Waals surface area contributed by atoms with Crippen LogP contribution < -0.4 is 10.5 Å². The van der Waals surface area contributed by atoms with E-state index in [-0.39, 0.29) is 0 Å². The summed E-state index contributed by atoms with van der Waals surface area (Å²) in [6.45, 7) is 2.02. The van der Waals surface area contributed by atoms with Crippen LogP contribution in [0.3, 0.4) is 0 Å². The molecule has 0 saturated heterocycles. The number of nitrogen functional groups attached to an aromatic ring is 1. The van der Waals surface area contributed by atoms with Crippen molar-refractivity contribution in [3.05, 3.63) is 48.5 Å². The van der Waals surface area contributed by atoms with Crippen LogP contribution in [0.5, 0.6) is 11.5 Å². The SMILES string of the molecule is CCc1nc(N)ccc1Oc1ccnc(-c2cnn(C)c2)c1. The maximum atomic E-state index is 5.94. The molecule has 0 saturated carbocycles. The zero-order chi connectivity index (χ0) is 15.5. The highest BCUT2D eigenvalue weighted by atomic mass is 16.5. The number of hydrogen-bond donors (Lipinski definition) is 1. The highest BCUT2D eigenvalue weighted by molar-refractivity contribution is 5.59. The molecule has 0 aliphatic heterocycles. The van der Waals surface area contributed by atoms with Gasteiger partial charge < -0.3 is 10.5 Å². The van der Waals surface area contributed by atoms with Crippen molar-refractivity contribution in [1.29, 1.82) is 0 Å². The second kappa shape index (κ2) is 5.85.